The number of halogens is 1. The van der Waals surface area contributed by atoms with Crippen molar-refractivity contribution in [1.82, 2.24) is 30.7 Å². The van der Waals surface area contributed by atoms with Crippen LogP contribution >= 0.6 is 24.0 Å². The van der Waals surface area contributed by atoms with Crippen LogP contribution in [-0.2, 0) is 18.3 Å². The summed E-state index contributed by atoms with van der Waals surface area (Å²) in [6, 6.07) is 9.46. The van der Waals surface area contributed by atoms with Crippen molar-refractivity contribution in [2.45, 2.75) is 45.9 Å². The molecule has 0 spiro atoms. The molecule has 1 aromatic heterocycles. The van der Waals surface area contributed by atoms with Gasteiger partial charge in [-0.25, -0.2) is 14.8 Å². The first-order chi connectivity index (χ1) is 13.8. The summed E-state index contributed by atoms with van der Waals surface area (Å²) in [4.78, 5) is 21.0. The minimum atomic E-state index is -0.564. The number of benzene rings is 1. The smallest absolute Gasteiger partial charge is 0.408 e. The number of guanidine groups is 1. The lowest BCUT2D eigenvalue weighted by atomic mass is 10.1. The fourth-order valence-electron chi connectivity index (χ4n) is 2.54. The van der Waals surface area contributed by atoms with Gasteiger partial charge in [0.05, 0.1) is 6.04 Å². The van der Waals surface area contributed by atoms with Crippen LogP contribution in [0, 0.1) is 0 Å². The number of carbonyl (C=O) groups excluding carboxylic acids is 1. The van der Waals surface area contributed by atoms with E-state index in [1.54, 1.807) is 4.68 Å². The predicted octanol–water partition coefficient (Wildman–Crippen LogP) is 2.75. The van der Waals surface area contributed by atoms with E-state index in [-0.39, 0.29) is 30.0 Å². The lowest BCUT2D eigenvalue weighted by Gasteiger charge is -2.24. The Morgan fingerprint density at radius 1 is 1.23 bits per heavy atom. The highest BCUT2D eigenvalue weighted by atomic mass is 127. The fraction of sp³-hybridized carbons (Fsp3) is 0.500. The number of alkyl carbamates (subject to hydrolysis) is 1. The van der Waals surface area contributed by atoms with Crippen molar-refractivity contribution in [3.63, 3.8) is 0 Å². The molecular formula is C20H32IN7O2. The minimum absolute atomic E-state index is 0. The molecule has 10 heteroatoms. The van der Waals surface area contributed by atoms with Gasteiger partial charge in [-0.2, -0.15) is 5.10 Å². The number of aromatic nitrogens is 3. The van der Waals surface area contributed by atoms with Crippen LogP contribution in [0.4, 0.5) is 4.79 Å². The first kappa shape index (κ1) is 25.7. The third-order valence-electron chi connectivity index (χ3n) is 3.89. The van der Waals surface area contributed by atoms with E-state index in [4.69, 9.17) is 4.74 Å². The molecule has 1 amide bonds. The Morgan fingerprint density at radius 3 is 2.50 bits per heavy atom. The van der Waals surface area contributed by atoms with E-state index in [1.165, 1.54) is 6.33 Å². The molecular weight excluding hydrogens is 497 g/mol. The summed E-state index contributed by atoms with van der Waals surface area (Å²) in [6.07, 6.45) is 1.04. The third kappa shape index (κ3) is 8.97. The molecule has 2 rings (SSSR count). The minimum Gasteiger partial charge on any atom is -0.444 e. The van der Waals surface area contributed by atoms with Gasteiger partial charge < -0.3 is 20.7 Å². The zero-order chi connectivity index (χ0) is 21.3. The number of hydrogen-bond donors (Lipinski definition) is 3. The van der Waals surface area contributed by atoms with E-state index >= 15 is 0 Å². The molecule has 9 nitrogen and oxygen atoms in total. The highest BCUT2D eigenvalue weighted by Crippen LogP contribution is 2.14. The molecule has 3 N–H and O–H groups in total. The highest BCUT2D eigenvalue weighted by molar-refractivity contribution is 14.0. The van der Waals surface area contributed by atoms with Crippen LogP contribution in [-0.4, -0.2) is 45.5 Å². The number of carbonyl (C=O) groups is 1. The summed E-state index contributed by atoms with van der Waals surface area (Å²) in [5.41, 5.74) is 0.403. The van der Waals surface area contributed by atoms with Gasteiger partial charge in [-0.3, -0.25) is 4.68 Å². The average molecular weight is 529 g/mol. The summed E-state index contributed by atoms with van der Waals surface area (Å²) in [7, 11) is 1.83. The first-order valence-corrected chi connectivity index (χ1v) is 9.68. The van der Waals surface area contributed by atoms with Gasteiger partial charge in [-0.15, -0.1) is 24.0 Å². The maximum atomic E-state index is 12.3. The summed E-state index contributed by atoms with van der Waals surface area (Å²) in [5, 5.41) is 13.5. The van der Waals surface area contributed by atoms with E-state index in [0.717, 1.165) is 11.4 Å². The van der Waals surface area contributed by atoms with Gasteiger partial charge in [-0.05, 0) is 33.3 Å². The van der Waals surface area contributed by atoms with Crippen LogP contribution in [0.5, 0.6) is 0 Å². The molecule has 0 saturated heterocycles. The number of aryl methyl sites for hydroxylation is 1. The standard InChI is InChI=1S/C20H31N7O2.HI/c1-6-21-18(23-13-17-24-14-25-27(17)5)22-12-16(15-10-8-7-9-11-15)26-19(28)29-20(2,3)4;/h7-11,14,16H,6,12-13H2,1-5H3,(H,26,28)(H2,21,22,23);1H. The third-order valence-corrected chi connectivity index (χ3v) is 3.89. The van der Waals surface area contributed by atoms with Crippen LogP contribution in [0.25, 0.3) is 0 Å². The molecule has 1 unspecified atom stereocenters. The molecule has 166 valence electrons. The quantitative estimate of drug-likeness (QED) is 0.290. The Labute approximate surface area is 195 Å². The number of nitrogens with zero attached hydrogens (tertiary/aromatic N) is 4. The SMILES string of the molecule is CCNC(=NCc1ncnn1C)NCC(NC(=O)OC(C)(C)C)c1ccccc1.I. The average Bonchev–Trinajstić information content (AvgIpc) is 3.07. The Bertz CT molecular complexity index is 803. The van der Waals surface area contributed by atoms with Crippen LogP contribution in [0.15, 0.2) is 41.7 Å². The van der Waals surface area contributed by atoms with Crippen LogP contribution in [0.3, 0.4) is 0 Å². The van der Waals surface area contributed by atoms with Gasteiger partial charge in [0.2, 0.25) is 0 Å². The molecule has 0 radical (unpaired) electrons. The molecule has 0 saturated carbocycles. The van der Waals surface area contributed by atoms with Crippen molar-refractivity contribution >= 4 is 36.0 Å². The molecule has 0 aliphatic rings. The lowest BCUT2D eigenvalue weighted by molar-refractivity contribution is 0.0504. The van der Waals surface area contributed by atoms with Crippen LogP contribution in [0.1, 0.15) is 45.1 Å². The van der Waals surface area contributed by atoms with Gasteiger partial charge >= 0.3 is 6.09 Å². The summed E-state index contributed by atoms with van der Waals surface area (Å²) >= 11 is 0. The van der Waals surface area contributed by atoms with Crippen molar-refractivity contribution < 1.29 is 9.53 Å². The van der Waals surface area contributed by atoms with Crippen molar-refractivity contribution in [2.75, 3.05) is 13.1 Å². The number of amides is 1. The van der Waals surface area contributed by atoms with E-state index in [0.29, 0.717) is 25.6 Å². The molecule has 0 aliphatic carbocycles. The van der Waals surface area contributed by atoms with Crippen molar-refractivity contribution in [3.8, 4) is 0 Å². The van der Waals surface area contributed by atoms with Crippen molar-refractivity contribution in [3.05, 3.63) is 48.0 Å². The van der Waals surface area contributed by atoms with E-state index in [9.17, 15) is 4.79 Å². The fourth-order valence-corrected chi connectivity index (χ4v) is 2.54. The number of nitrogens with one attached hydrogen (secondary N) is 3. The highest BCUT2D eigenvalue weighted by Gasteiger charge is 2.20. The molecule has 1 aromatic carbocycles. The monoisotopic (exact) mass is 529 g/mol. The summed E-state index contributed by atoms with van der Waals surface area (Å²) < 4.78 is 7.10. The van der Waals surface area contributed by atoms with Crippen LogP contribution in [0.2, 0.25) is 0 Å². The van der Waals surface area contributed by atoms with E-state index in [2.05, 4.69) is 31.0 Å². The molecule has 0 fully saturated rings. The van der Waals surface area contributed by atoms with E-state index in [1.807, 2.05) is 65.1 Å². The molecule has 1 atom stereocenters. The van der Waals surface area contributed by atoms with Gasteiger partial charge in [-0.1, -0.05) is 30.3 Å². The second-order valence-corrected chi connectivity index (χ2v) is 7.49. The topological polar surface area (TPSA) is 105 Å². The molecule has 1 heterocycles. The molecule has 0 bridgehead atoms. The molecule has 0 aliphatic heterocycles. The first-order valence-electron chi connectivity index (χ1n) is 9.68. The Hall–Kier alpha value is -2.37. The van der Waals surface area contributed by atoms with Crippen molar-refractivity contribution in [2.24, 2.45) is 12.0 Å². The second-order valence-electron chi connectivity index (χ2n) is 7.49. The van der Waals surface area contributed by atoms with Crippen molar-refractivity contribution in [1.29, 1.82) is 0 Å². The summed E-state index contributed by atoms with van der Waals surface area (Å²) in [6.45, 7) is 9.04. The lowest BCUT2D eigenvalue weighted by Crippen LogP contribution is -2.44. The van der Waals surface area contributed by atoms with Gasteiger partial charge in [0.15, 0.2) is 5.96 Å². The number of rotatable bonds is 7. The summed E-state index contributed by atoms with van der Waals surface area (Å²) in [5.74, 6) is 1.39. The maximum absolute atomic E-state index is 12.3. The molecule has 30 heavy (non-hydrogen) atoms. The second kappa shape index (κ2) is 12.4. The number of ether oxygens (including phenoxy) is 1. The Kier molecular flexibility index (Phi) is 10.6. The Balaban J connectivity index is 0.00000450. The number of hydrogen-bond acceptors (Lipinski definition) is 5. The zero-order valence-corrected chi connectivity index (χ0v) is 20.5. The largest absolute Gasteiger partial charge is 0.444 e. The zero-order valence-electron chi connectivity index (χ0n) is 18.2. The maximum Gasteiger partial charge on any atom is 0.408 e. The Morgan fingerprint density at radius 2 is 1.93 bits per heavy atom. The van der Waals surface area contributed by atoms with Gasteiger partial charge in [0, 0.05) is 20.1 Å². The van der Waals surface area contributed by atoms with Crippen LogP contribution < -0.4 is 16.0 Å². The van der Waals surface area contributed by atoms with Gasteiger partial charge in [0.1, 0.15) is 24.3 Å². The predicted molar refractivity (Wildman–Crippen MR) is 128 cm³/mol. The molecule has 2 aromatic rings. The normalized spacial score (nSPS) is 12.5. The van der Waals surface area contributed by atoms with E-state index < -0.39 is 11.7 Å². The van der Waals surface area contributed by atoms with Gasteiger partial charge in [0.25, 0.3) is 0 Å². The number of aliphatic imine (C=N–C) groups is 1.